The summed E-state index contributed by atoms with van der Waals surface area (Å²) < 4.78 is 0. The number of H-pyrrole nitrogens is 1. The topological polar surface area (TPSA) is 66.0 Å². The highest BCUT2D eigenvalue weighted by Gasteiger charge is 2.19. The van der Waals surface area contributed by atoms with Gasteiger partial charge in [0.05, 0.1) is 12.2 Å². The second-order valence-corrected chi connectivity index (χ2v) is 6.85. The molecule has 0 radical (unpaired) electrons. The molecule has 0 bridgehead atoms. The molecule has 2 N–H and O–H groups in total. The molecule has 0 aliphatic carbocycles. The molecule has 3 rings (SSSR count). The highest BCUT2D eigenvalue weighted by atomic mass is 16.4. The van der Waals surface area contributed by atoms with E-state index in [9.17, 15) is 4.79 Å². The Morgan fingerprint density at radius 3 is 2.50 bits per heavy atom. The molecule has 0 fully saturated rings. The van der Waals surface area contributed by atoms with Gasteiger partial charge in [0.2, 0.25) is 0 Å². The molecular weight excluding hydrogens is 324 g/mol. The average molecular weight is 348 g/mol. The van der Waals surface area contributed by atoms with Gasteiger partial charge in [-0.1, -0.05) is 42.5 Å². The lowest BCUT2D eigenvalue weighted by molar-refractivity contribution is -0.138. The summed E-state index contributed by atoms with van der Waals surface area (Å²) in [6.45, 7) is 6.00. The molecule has 2 atom stereocenters. The van der Waals surface area contributed by atoms with Crippen LogP contribution in [0.1, 0.15) is 52.3 Å². The van der Waals surface area contributed by atoms with Crippen LogP contribution < -0.4 is 0 Å². The van der Waals surface area contributed by atoms with E-state index in [2.05, 4.69) is 42.0 Å². The summed E-state index contributed by atoms with van der Waals surface area (Å²) in [6.07, 6.45) is 4.42. The number of rotatable bonds is 6. The van der Waals surface area contributed by atoms with Gasteiger partial charge in [-0.3, -0.25) is 4.79 Å². The zero-order valence-corrected chi connectivity index (χ0v) is 15.4. The van der Waals surface area contributed by atoms with Crippen molar-refractivity contribution < 1.29 is 9.90 Å². The summed E-state index contributed by atoms with van der Waals surface area (Å²) in [5, 5.41) is 9.17. The van der Waals surface area contributed by atoms with E-state index >= 15 is 0 Å². The average Bonchev–Trinajstić information content (AvgIpc) is 3.16. The predicted octanol–water partition coefficient (Wildman–Crippen LogP) is 4.59. The molecule has 3 aromatic rings. The van der Waals surface area contributed by atoms with Crippen LogP contribution in [0.5, 0.6) is 0 Å². The number of aryl methyl sites for hydroxylation is 1. The fourth-order valence-corrected chi connectivity index (χ4v) is 3.32. The van der Waals surface area contributed by atoms with Crippen LogP contribution in [-0.4, -0.2) is 21.0 Å². The first-order valence-corrected chi connectivity index (χ1v) is 8.83. The number of aromatic nitrogens is 2. The molecule has 4 nitrogen and oxygen atoms in total. The summed E-state index contributed by atoms with van der Waals surface area (Å²) in [5.41, 5.74) is 6.94. The van der Waals surface area contributed by atoms with Gasteiger partial charge in [0.15, 0.2) is 0 Å². The van der Waals surface area contributed by atoms with E-state index in [-0.39, 0.29) is 5.92 Å². The summed E-state index contributed by atoms with van der Waals surface area (Å²) in [7, 11) is 0. The first-order valence-electron chi connectivity index (χ1n) is 8.83. The minimum atomic E-state index is -0.802. The molecule has 2 unspecified atom stereocenters. The summed E-state index contributed by atoms with van der Waals surface area (Å²) >= 11 is 0. The Morgan fingerprint density at radius 2 is 1.88 bits per heavy atom. The number of nitrogens with one attached hydrogen (secondary N) is 1. The number of carboxylic acids is 1. The van der Waals surface area contributed by atoms with Crippen molar-refractivity contribution in [2.45, 2.75) is 39.0 Å². The van der Waals surface area contributed by atoms with Crippen LogP contribution in [0.3, 0.4) is 0 Å². The van der Waals surface area contributed by atoms with Gasteiger partial charge in [0, 0.05) is 17.8 Å². The molecule has 0 aliphatic heterocycles. The monoisotopic (exact) mass is 348 g/mol. The minimum Gasteiger partial charge on any atom is -0.481 e. The molecule has 2 aromatic carbocycles. The number of imidazole rings is 1. The first-order chi connectivity index (χ1) is 12.5. The van der Waals surface area contributed by atoms with Crippen molar-refractivity contribution >= 4 is 5.97 Å². The Balaban J connectivity index is 1.92. The van der Waals surface area contributed by atoms with Crippen LogP contribution in [0, 0.1) is 13.8 Å². The molecule has 0 saturated carbocycles. The van der Waals surface area contributed by atoms with Gasteiger partial charge in [-0.05, 0) is 55.0 Å². The van der Waals surface area contributed by atoms with Gasteiger partial charge in [0.1, 0.15) is 0 Å². The number of benzene rings is 2. The van der Waals surface area contributed by atoms with Crippen molar-refractivity contribution in [2.24, 2.45) is 0 Å². The molecule has 0 spiro atoms. The van der Waals surface area contributed by atoms with Gasteiger partial charge in [-0.2, -0.15) is 0 Å². The Kier molecular flexibility index (Phi) is 5.21. The van der Waals surface area contributed by atoms with Gasteiger partial charge >= 0.3 is 5.97 Å². The highest BCUT2D eigenvalue weighted by molar-refractivity contribution is 5.75. The first kappa shape index (κ1) is 17.9. The number of carbonyl (C=O) groups is 1. The molecular formula is C22H24N2O2. The minimum absolute atomic E-state index is 0.181. The second kappa shape index (κ2) is 7.56. The van der Waals surface area contributed by atoms with Crippen molar-refractivity contribution in [3.63, 3.8) is 0 Å². The van der Waals surface area contributed by atoms with Crippen LogP contribution in [0.2, 0.25) is 0 Å². The van der Waals surface area contributed by atoms with Crippen molar-refractivity contribution in [2.75, 3.05) is 0 Å². The van der Waals surface area contributed by atoms with Gasteiger partial charge in [0.25, 0.3) is 0 Å². The Labute approximate surface area is 153 Å². The SMILES string of the molecule is Cc1cccc(C(Cc2ccc(C(C)C(=O)O)cc2)c2cnc[nH]2)c1C. The summed E-state index contributed by atoms with van der Waals surface area (Å²) in [4.78, 5) is 18.6. The lowest BCUT2D eigenvalue weighted by Gasteiger charge is -2.20. The van der Waals surface area contributed by atoms with Crippen LogP contribution in [0.4, 0.5) is 0 Å². The number of aliphatic carboxylic acids is 1. The van der Waals surface area contributed by atoms with Gasteiger partial charge in [-0.25, -0.2) is 4.98 Å². The van der Waals surface area contributed by atoms with Crippen LogP contribution in [0.15, 0.2) is 55.0 Å². The highest BCUT2D eigenvalue weighted by Crippen LogP contribution is 2.31. The van der Waals surface area contributed by atoms with E-state index in [4.69, 9.17) is 5.11 Å². The van der Waals surface area contributed by atoms with E-state index in [1.165, 1.54) is 22.3 Å². The maximum absolute atomic E-state index is 11.2. The standard InChI is InChI=1S/C22H24N2O2/c1-14-5-4-6-19(15(14)2)20(21-12-23-13-24-21)11-17-7-9-18(10-8-17)16(3)22(25)26/h4-10,12-13,16,20H,11H2,1-3H3,(H,23,24)(H,25,26). The van der Waals surface area contributed by atoms with Crippen LogP contribution in [0.25, 0.3) is 0 Å². The number of hydrogen-bond donors (Lipinski definition) is 2. The molecule has 26 heavy (non-hydrogen) atoms. The molecule has 1 heterocycles. The maximum atomic E-state index is 11.2. The fraction of sp³-hybridized carbons (Fsp3) is 0.273. The summed E-state index contributed by atoms with van der Waals surface area (Å²) in [6, 6.07) is 14.3. The second-order valence-electron chi connectivity index (χ2n) is 6.85. The lowest BCUT2D eigenvalue weighted by atomic mass is 9.85. The van der Waals surface area contributed by atoms with Crippen molar-refractivity contribution in [1.29, 1.82) is 0 Å². The smallest absolute Gasteiger partial charge is 0.310 e. The number of aromatic amines is 1. The quantitative estimate of drug-likeness (QED) is 0.685. The predicted molar refractivity (Wildman–Crippen MR) is 103 cm³/mol. The molecule has 0 saturated heterocycles. The van der Waals surface area contributed by atoms with E-state index < -0.39 is 11.9 Å². The molecule has 0 amide bonds. The number of carboxylic acid groups (broad SMARTS) is 1. The molecule has 4 heteroatoms. The third-order valence-corrected chi connectivity index (χ3v) is 5.21. The van der Waals surface area contributed by atoms with E-state index in [0.29, 0.717) is 0 Å². The third-order valence-electron chi connectivity index (χ3n) is 5.21. The molecule has 0 aliphatic rings. The van der Waals surface area contributed by atoms with E-state index in [0.717, 1.165) is 17.7 Å². The van der Waals surface area contributed by atoms with Gasteiger partial charge < -0.3 is 10.1 Å². The molecule has 1 aromatic heterocycles. The van der Waals surface area contributed by atoms with Crippen molar-refractivity contribution in [1.82, 2.24) is 9.97 Å². The van der Waals surface area contributed by atoms with Crippen LogP contribution in [-0.2, 0) is 11.2 Å². The van der Waals surface area contributed by atoms with Gasteiger partial charge in [-0.15, -0.1) is 0 Å². The maximum Gasteiger partial charge on any atom is 0.310 e. The fourth-order valence-electron chi connectivity index (χ4n) is 3.32. The normalized spacial score (nSPS) is 13.3. The van der Waals surface area contributed by atoms with Crippen molar-refractivity contribution in [3.8, 4) is 0 Å². The Bertz CT molecular complexity index is 883. The largest absolute Gasteiger partial charge is 0.481 e. The van der Waals surface area contributed by atoms with Crippen LogP contribution >= 0.6 is 0 Å². The Morgan fingerprint density at radius 1 is 1.15 bits per heavy atom. The summed E-state index contributed by atoms with van der Waals surface area (Å²) in [5.74, 6) is -1.12. The van der Waals surface area contributed by atoms with Crippen molar-refractivity contribution in [3.05, 3.63) is 88.5 Å². The number of hydrogen-bond acceptors (Lipinski definition) is 2. The number of nitrogens with zero attached hydrogens (tertiary/aromatic N) is 1. The lowest BCUT2D eigenvalue weighted by Crippen LogP contribution is -2.09. The zero-order valence-electron chi connectivity index (χ0n) is 15.4. The zero-order chi connectivity index (χ0) is 18.7. The Hall–Kier alpha value is -2.88. The third kappa shape index (κ3) is 3.69. The van der Waals surface area contributed by atoms with E-state index in [1.807, 2.05) is 30.5 Å². The van der Waals surface area contributed by atoms with E-state index in [1.54, 1.807) is 13.3 Å². The molecule has 134 valence electrons.